The summed E-state index contributed by atoms with van der Waals surface area (Å²) < 4.78 is 82.7. The smallest absolute Gasteiger partial charge is 0.257 e. The van der Waals surface area contributed by atoms with Crippen LogP contribution in [-0.2, 0) is 23.7 Å². The number of halogens is 4. The highest BCUT2D eigenvalue weighted by Crippen LogP contribution is 2.33. The fraction of sp³-hybridized carbons (Fsp3) is 0.720. The Kier molecular flexibility index (Phi) is 15.3. The number of azide groups is 1. The number of carbonyl (C=O) groups excluding carboxylic acids is 1. The molecule has 2 aliphatic rings. The highest BCUT2D eigenvalue weighted by Gasteiger charge is 2.50. The Hall–Kier alpha value is -2.41. The van der Waals surface area contributed by atoms with E-state index in [1.165, 1.54) is 0 Å². The lowest BCUT2D eigenvalue weighted by atomic mass is 9.97. The number of ether oxygens (including phenoxy) is 5. The molecule has 2 aliphatic heterocycles. The van der Waals surface area contributed by atoms with Crippen molar-refractivity contribution >= 4 is 23.4 Å². The molecule has 0 unspecified atom stereocenters. The number of rotatable bonds is 16. The zero-order chi connectivity index (χ0) is 34.8. The van der Waals surface area contributed by atoms with Crippen LogP contribution in [0, 0.1) is 23.3 Å². The first-order valence-electron chi connectivity index (χ1n) is 13.9. The molecule has 0 spiro atoms. The summed E-state index contributed by atoms with van der Waals surface area (Å²) in [6.07, 6.45) is -14.0. The van der Waals surface area contributed by atoms with Gasteiger partial charge in [0.1, 0.15) is 65.5 Å². The standard InChI is InChI=1S/C25H34F4N4O13S/c26-12-11(13(27)15(29)16(14(12)28)32-33-30)23(41)31-1-2-42-3-4-43-5-6-47-25-21(40)19(38)22(10(8-35)45-25)46-24-20(39)18(37)17(36)9(7-34)44-24/h9-10,17-22,24-25,34-40H,1-8H2,(H,31,41)/t9-,10-,17+,18+,19-,20-,21-,22-,24+,25+/m1/s1. The van der Waals surface area contributed by atoms with E-state index < -0.39 is 114 Å². The lowest BCUT2D eigenvalue weighted by Gasteiger charge is -2.46. The molecule has 3 rings (SSSR count). The van der Waals surface area contributed by atoms with Crippen molar-refractivity contribution in [1.29, 1.82) is 0 Å². The van der Waals surface area contributed by atoms with Crippen LogP contribution in [0.1, 0.15) is 10.4 Å². The maximum Gasteiger partial charge on any atom is 0.257 e. The molecule has 1 aromatic carbocycles. The van der Waals surface area contributed by atoms with Crippen LogP contribution >= 0.6 is 11.8 Å². The lowest BCUT2D eigenvalue weighted by Crippen LogP contribution is -2.64. The summed E-state index contributed by atoms with van der Waals surface area (Å²) in [5.74, 6) is -9.39. The second-order valence-electron chi connectivity index (χ2n) is 10.0. The number of hydrogen-bond donors (Lipinski definition) is 8. The number of nitrogens with one attached hydrogen (secondary N) is 1. The van der Waals surface area contributed by atoms with E-state index >= 15 is 0 Å². The van der Waals surface area contributed by atoms with Crippen LogP contribution in [0.15, 0.2) is 5.11 Å². The second-order valence-corrected chi connectivity index (χ2v) is 11.2. The van der Waals surface area contributed by atoms with Crippen molar-refractivity contribution in [3.05, 3.63) is 39.3 Å². The van der Waals surface area contributed by atoms with Crippen LogP contribution < -0.4 is 5.32 Å². The third-order valence-electron chi connectivity index (χ3n) is 6.99. The maximum absolute atomic E-state index is 14.1. The molecule has 10 atom stereocenters. The van der Waals surface area contributed by atoms with Gasteiger partial charge in [-0.25, -0.2) is 17.6 Å². The van der Waals surface area contributed by atoms with E-state index in [1.807, 2.05) is 5.32 Å². The van der Waals surface area contributed by atoms with E-state index in [4.69, 9.17) is 29.2 Å². The van der Waals surface area contributed by atoms with Gasteiger partial charge in [0, 0.05) is 17.2 Å². The van der Waals surface area contributed by atoms with Crippen LogP contribution in [0.5, 0.6) is 0 Å². The quantitative estimate of drug-likeness (QED) is 0.0238. The van der Waals surface area contributed by atoms with Crippen molar-refractivity contribution in [2.75, 3.05) is 51.9 Å². The summed E-state index contributed by atoms with van der Waals surface area (Å²) in [6, 6.07) is 0. The van der Waals surface area contributed by atoms with Crippen molar-refractivity contribution in [3.63, 3.8) is 0 Å². The minimum atomic E-state index is -2.04. The van der Waals surface area contributed by atoms with Crippen molar-refractivity contribution in [2.45, 2.75) is 60.6 Å². The molecule has 0 bridgehead atoms. The average Bonchev–Trinajstić information content (AvgIpc) is 3.06. The molecule has 22 heteroatoms. The second kappa shape index (κ2) is 18.4. The molecule has 0 aromatic heterocycles. The molecule has 1 aromatic rings. The van der Waals surface area contributed by atoms with E-state index in [9.17, 15) is 58.1 Å². The Labute approximate surface area is 267 Å². The Morgan fingerprint density at radius 1 is 0.830 bits per heavy atom. The van der Waals surface area contributed by atoms with Gasteiger partial charge in [0.15, 0.2) is 29.6 Å². The number of aliphatic hydroxyl groups is 7. The maximum atomic E-state index is 14.1. The highest BCUT2D eigenvalue weighted by atomic mass is 32.2. The number of carbonyl (C=O) groups is 1. The normalized spacial score (nSPS) is 31.0. The Morgan fingerprint density at radius 2 is 1.45 bits per heavy atom. The third-order valence-corrected chi connectivity index (χ3v) is 8.11. The summed E-state index contributed by atoms with van der Waals surface area (Å²) >= 11 is 1.03. The van der Waals surface area contributed by atoms with Crippen LogP contribution in [0.4, 0.5) is 23.2 Å². The Morgan fingerprint density at radius 3 is 2.04 bits per heavy atom. The molecule has 47 heavy (non-hydrogen) atoms. The summed E-state index contributed by atoms with van der Waals surface area (Å²) in [5, 5.41) is 74.9. The molecule has 2 saturated heterocycles. The fourth-order valence-electron chi connectivity index (χ4n) is 4.52. The predicted molar refractivity (Wildman–Crippen MR) is 148 cm³/mol. The van der Waals surface area contributed by atoms with Gasteiger partial charge in [0.2, 0.25) is 0 Å². The molecular formula is C25H34F4N4O13S. The van der Waals surface area contributed by atoms with E-state index in [2.05, 4.69) is 10.0 Å². The minimum Gasteiger partial charge on any atom is -0.394 e. The van der Waals surface area contributed by atoms with Crippen LogP contribution in [0.2, 0.25) is 0 Å². The summed E-state index contributed by atoms with van der Waals surface area (Å²) in [4.78, 5) is 14.1. The van der Waals surface area contributed by atoms with Gasteiger partial charge in [-0.3, -0.25) is 4.79 Å². The van der Waals surface area contributed by atoms with Gasteiger partial charge in [-0.05, 0) is 5.53 Å². The SMILES string of the molecule is [N-]=[N+]=Nc1c(F)c(F)c(C(=O)NCCOCCOCCS[C@@H]2O[C@H](CO)[C@@H](O[C@@H]3O[C@H](CO)[C@H](O)[C@H](O)[C@H]3O)[C@H](O)[C@H]2O)c(F)c1F. The molecule has 8 N–H and O–H groups in total. The molecule has 2 heterocycles. The predicted octanol–water partition coefficient (Wildman–Crippen LogP) is -1.69. The topological polar surface area (TPSA) is 266 Å². The summed E-state index contributed by atoms with van der Waals surface area (Å²) in [7, 11) is 0. The molecular weight excluding hydrogens is 672 g/mol. The largest absolute Gasteiger partial charge is 0.394 e. The first kappa shape index (κ1) is 39.0. The number of nitrogens with zero attached hydrogens (tertiary/aromatic N) is 3. The van der Waals surface area contributed by atoms with Crippen LogP contribution in [-0.4, -0.2) is 154 Å². The van der Waals surface area contributed by atoms with Gasteiger partial charge in [0.05, 0.1) is 39.6 Å². The number of thioether (sulfide) groups is 1. The fourth-order valence-corrected chi connectivity index (χ4v) is 5.54. The highest BCUT2D eigenvalue weighted by molar-refractivity contribution is 7.99. The van der Waals surface area contributed by atoms with E-state index in [1.54, 1.807) is 0 Å². The molecule has 17 nitrogen and oxygen atoms in total. The molecule has 0 saturated carbocycles. The molecule has 266 valence electrons. The first-order valence-corrected chi connectivity index (χ1v) is 15.0. The average molecular weight is 707 g/mol. The van der Waals surface area contributed by atoms with Crippen LogP contribution in [0.3, 0.4) is 0 Å². The van der Waals surface area contributed by atoms with Gasteiger partial charge < -0.3 is 64.7 Å². The summed E-state index contributed by atoms with van der Waals surface area (Å²) in [6.45, 7) is -1.74. The zero-order valence-corrected chi connectivity index (χ0v) is 25.1. The molecule has 2 fully saturated rings. The zero-order valence-electron chi connectivity index (χ0n) is 24.3. The van der Waals surface area contributed by atoms with E-state index in [-0.39, 0.29) is 38.7 Å². The minimum absolute atomic E-state index is 0.00178. The number of amides is 1. The van der Waals surface area contributed by atoms with Gasteiger partial charge in [-0.2, -0.15) is 0 Å². The van der Waals surface area contributed by atoms with Crippen molar-refractivity contribution in [1.82, 2.24) is 5.32 Å². The third kappa shape index (κ3) is 9.39. The van der Waals surface area contributed by atoms with Gasteiger partial charge in [-0.1, -0.05) is 5.11 Å². The van der Waals surface area contributed by atoms with Gasteiger partial charge in [0.25, 0.3) is 5.91 Å². The Bertz CT molecular complexity index is 1220. The van der Waals surface area contributed by atoms with E-state index in [0.717, 1.165) is 11.8 Å². The summed E-state index contributed by atoms with van der Waals surface area (Å²) in [5.41, 5.74) is 4.12. The Balaban J connectivity index is 1.35. The molecule has 1 amide bonds. The number of benzene rings is 1. The number of hydrogen-bond acceptors (Lipinski definition) is 15. The number of aliphatic hydroxyl groups excluding tert-OH is 7. The lowest BCUT2D eigenvalue weighted by molar-refractivity contribution is -0.338. The van der Waals surface area contributed by atoms with Crippen molar-refractivity contribution in [2.24, 2.45) is 5.11 Å². The van der Waals surface area contributed by atoms with Crippen LogP contribution in [0.25, 0.3) is 10.4 Å². The van der Waals surface area contributed by atoms with Crippen molar-refractivity contribution < 1.29 is 81.8 Å². The molecule has 0 aliphatic carbocycles. The van der Waals surface area contributed by atoms with Crippen molar-refractivity contribution in [3.8, 4) is 0 Å². The monoisotopic (exact) mass is 706 g/mol. The van der Waals surface area contributed by atoms with Gasteiger partial charge >= 0.3 is 0 Å². The van der Waals surface area contributed by atoms with E-state index in [0.29, 0.717) is 0 Å². The molecule has 0 radical (unpaired) electrons. The van der Waals surface area contributed by atoms with Gasteiger partial charge in [-0.15, -0.1) is 11.8 Å². The first-order chi connectivity index (χ1) is 22.4.